The fraction of sp³-hybridized carbons (Fsp3) is 0.684. The van der Waals surface area contributed by atoms with Crippen molar-refractivity contribution in [3.63, 3.8) is 0 Å². The molecule has 2 saturated carbocycles. The van der Waals surface area contributed by atoms with Crippen LogP contribution in [0.1, 0.15) is 91.4 Å². The summed E-state index contributed by atoms with van der Waals surface area (Å²) in [6.07, 6.45) is 13.7. The molecule has 272 valence electrons. The van der Waals surface area contributed by atoms with E-state index in [1.165, 1.54) is 68.0 Å². The fourth-order valence-electron chi connectivity index (χ4n) is 8.26. The normalized spacial score (nSPS) is 25.4. The van der Waals surface area contributed by atoms with Crippen LogP contribution in [-0.2, 0) is 22.5 Å². The minimum absolute atomic E-state index is 0.0803. The molecule has 1 unspecified atom stereocenters. The first-order valence-electron chi connectivity index (χ1n) is 19.1. The molecule has 3 N–H and O–H groups in total. The van der Waals surface area contributed by atoms with Crippen LogP contribution >= 0.6 is 0 Å². The third kappa shape index (κ3) is 8.58. The average Bonchev–Trinajstić information content (AvgIpc) is 3.53. The molecule has 2 amide bonds. The first kappa shape index (κ1) is 35.1. The molecule has 7 rings (SSSR count). The van der Waals surface area contributed by atoms with Crippen LogP contribution in [0, 0.1) is 12.8 Å². The number of fused-ring (bicyclic) bond motifs is 1. The van der Waals surface area contributed by atoms with Crippen molar-refractivity contribution >= 4 is 17.6 Å². The zero-order valence-electron chi connectivity index (χ0n) is 29.7. The van der Waals surface area contributed by atoms with Gasteiger partial charge in [-0.15, -0.1) is 0 Å². The zero-order valence-corrected chi connectivity index (χ0v) is 29.7. The maximum absolute atomic E-state index is 12.9. The molecule has 3 aliphatic heterocycles. The molecule has 1 aromatic carbocycles. The van der Waals surface area contributed by atoms with Crippen LogP contribution in [0.4, 0.5) is 5.82 Å². The van der Waals surface area contributed by atoms with Gasteiger partial charge in [0, 0.05) is 69.9 Å². The topological polar surface area (TPSA) is 132 Å². The second-order valence-corrected chi connectivity index (χ2v) is 15.2. The lowest BCUT2D eigenvalue weighted by Crippen LogP contribution is -2.50. The molecule has 2 aromatic rings. The second kappa shape index (κ2) is 16.4. The highest BCUT2D eigenvalue weighted by atomic mass is 16.5. The van der Waals surface area contributed by atoms with Crippen molar-refractivity contribution in [2.24, 2.45) is 5.92 Å². The molecule has 5 aliphatic rings. The number of nitrogens with zero attached hydrogens (tertiary/aromatic N) is 5. The third-order valence-electron chi connectivity index (χ3n) is 11.5. The number of nitrogens with one attached hydrogen (secondary N) is 2. The largest absolute Gasteiger partial charge is 0.491 e. The Kier molecular flexibility index (Phi) is 11.5. The van der Waals surface area contributed by atoms with Gasteiger partial charge in [-0.25, -0.2) is 9.97 Å². The highest BCUT2D eigenvalue weighted by Gasteiger charge is 2.38. The zero-order chi connectivity index (χ0) is 34.5. The molecule has 2 aliphatic carbocycles. The minimum atomic E-state index is -0.715. The van der Waals surface area contributed by atoms with Crippen LogP contribution in [0.25, 0.3) is 0 Å². The van der Waals surface area contributed by atoms with E-state index in [4.69, 9.17) is 9.47 Å². The molecule has 4 fully saturated rings. The predicted octanol–water partition coefficient (Wildman–Crippen LogP) is 3.51. The lowest BCUT2D eigenvalue weighted by Gasteiger charge is -2.41. The van der Waals surface area contributed by atoms with Crippen LogP contribution in [0.3, 0.4) is 0 Å². The number of aliphatic hydroxyl groups excluding tert-OH is 1. The summed E-state index contributed by atoms with van der Waals surface area (Å²) in [5.74, 6) is 1.49. The van der Waals surface area contributed by atoms with Gasteiger partial charge in [0.25, 0.3) is 5.91 Å². The van der Waals surface area contributed by atoms with Gasteiger partial charge >= 0.3 is 0 Å². The maximum atomic E-state index is 12.9. The third-order valence-corrected chi connectivity index (χ3v) is 11.5. The fourth-order valence-corrected chi connectivity index (χ4v) is 8.26. The predicted molar refractivity (Wildman–Crippen MR) is 190 cm³/mol. The van der Waals surface area contributed by atoms with Gasteiger partial charge in [0.1, 0.15) is 36.3 Å². The first-order valence-corrected chi connectivity index (χ1v) is 19.1. The summed E-state index contributed by atoms with van der Waals surface area (Å²) in [6, 6.07) is 6.68. The van der Waals surface area contributed by atoms with E-state index < -0.39 is 6.10 Å². The average molecular weight is 690 g/mol. The number of anilines is 1. The number of carbonyl (C=O) groups is 2. The number of ether oxygens (including phenoxy) is 2. The second-order valence-electron chi connectivity index (χ2n) is 15.2. The molecule has 2 atom stereocenters. The van der Waals surface area contributed by atoms with Crippen molar-refractivity contribution in [3.05, 3.63) is 46.9 Å². The highest BCUT2D eigenvalue weighted by molar-refractivity contribution is 5.92. The Morgan fingerprint density at radius 3 is 2.64 bits per heavy atom. The number of rotatable bonds is 12. The Morgan fingerprint density at radius 2 is 1.86 bits per heavy atom. The summed E-state index contributed by atoms with van der Waals surface area (Å²) in [5.41, 5.74) is 4.03. The Labute approximate surface area is 296 Å². The van der Waals surface area contributed by atoms with Crippen molar-refractivity contribution in [2.45, 2.75) is 108 Å². The molecule has 1 aromatic heterocycles. The lowest BCUT2D eigenvalue weighted by atomic mass is 9.79. The Hall–Kier alpha value is -3.32. The van der Waals surface area contributed by atoms with E-state index in [0.717, 1.165) is 70.9 Å². The molecule has 2 saturated heterocycles. The van der Waals surface area contributed by atoms with Crippen molar-refractivity contribution in [1.29, 1.82) is 0 Å². The van der Waals surface area contributed by atoms with E-state index >= 15 is 0 Å². The van der Waals surface area contributed by atoms with Crippen molar-refractivity contribution in [3.8, 4) is 5.75 Å². The molecular weight excluding hydrogens is 634 g/mol. The van der Waals surface area contributed by atoms with Gasteiger partial charge in [-0.2, -0.15) is 0 Å². The van der Waals surface area contributed by atoms with Gasteiger partial charge in [0.15, 0.2) is 0 Å². The molecule has 50 heavy (non-hydrogen) atoms. The number of hydrogen-bond acceptors (Lipinski definition) is 10. The number of amides is 2. The standard InChI is InChI=1S/C38H55N7O5/c1-26-33-12-15-43(20-27(33)10-11-35(26)49-23-32-22-45(25-50-32)30-8-5-3-2-4-6-9-30)21-31(46)19-39-37(47)34-18-36(41-24-40-34)42-29-16-28(17-29)38(48)44-13-7-14-44/h10-11,18,24,28-32,46H,2-9,12-17,19-23,25H2,1H3,(H,39,47)(H,40,41,42)/t28-,29-,31-,32?/m0/s1. The molecule has 0 bridgehead atoms. The smallest absolute Gasteiger partial charge is 0.270 e. The van der Waals surface area contributed by atoms with E-state index in [2.05, 4.69) is 49.5 Å². The number of aromatic nitrogens is 2. The number of β-amino-alcohol motifs (C(OH)–C–C–N with tert-alkyl or cyclic N) is 1. The molecule has 12 nitrogen and oxygen atoms in total. The molecule has 12 heteroatoms. The highest BCUT2D eigenvalue weighted by Crippen LogP contribution is 2.33. The van der Waals surface area contributed by atoms with E-state index in [0.29, 0.717) is 25.0 Å². The monoisotopic (exact) mass is 689 g/mol. The van der Waals surface area contributed by atoms with E-state index in [-0.39, 0.29) is 42.1 Å². The summed E-state index contributed by atoms with van der Waals surface area (Å²) in [7, 11) is 0. The minimum Gasteiger partial charge on any atom is -0.491 e. The SMILES string of the molecule is Cc1c(OCC2CN(C3CCCCCCC3)CO2)ccc2c1CCN(C[C@@H](O)CNC(=O)c1cc(N[C@H]3C[C@H](C(=O)N4CCC4)C3)ncn1)C2. The van der Waals surface area contributed by atoms with Gasteiger partial charge in [0.2, 0.25) is 5.91 Å². The van der Waals surface area contributed by atoms with Crippen LogP contribution in [0.5, 0.6) is 5.75 Å². The quantitative estimate of drug-likeness (QED) is 0.304. The molecule has 0 radical (unpaired) electrons. The van der Waals surface area contributed by atoms with Gasteiger partial charge in [0.05, 0.1) is 12.8 Å². The number of hydrogen-bond donors (Lipinski definition) is 3. The number of aliphatic hydroxyl groups is 1. The van der Waals surface area contributed by atoms with Crippen molar-refractivity contribution in [2.75, 3.05) is 57.9 Å². The van der Waals surface area contributed by atoms with Crippen molar-refractivity contribution < 1.29 is 24.2 Å². The summed E-state index contributed by atoms with van der Waals surface area (Å²) >= 11 is 0. The summed E-state index contributed by atoms with van der Waals surface area (Å²) in [6.45, 7) is 8.32. The van der Waals surface area contributed by atoms with Crippen molar-refractivity contribution in [1.82, 2.24) is 30.0 Å². The van der Waals surface area contributed by atoms with E-state index in [1.807, 2.05) is 4.90 Å². The molecule has 4 heterocycles. The van der Waals surface area contributed by atoms with Crippen LogP contribution < -0.4 is 15.4 Å². The number of carbonyl (C=O) groups excluding carboxylic acids is 2. The summed E-state index contributed by atoms with van der Waals surface area (Å²) < 4.78 is 12.5. The Bertz CT molecular complexity index is 1470. The van der Waals surface area contributed by atoms with Gasteiger partial charge < -0.3 is 30.1 Å². The van der Waals surface area contributed by atoms with Gasteiger partial charge in [-0.05, 0) is 68.2 Å². The van der Waals surface area contributed by atoms with E-state index in [9.17, 15) is 14.7 Å². The molecule has 0 spiro atoms. The lowest BCUT2D eigenvalue weighted by molar-refractivity contribution is -0.142. The maximum Gasteiger partial charge on any atom is 0.270 e. The first-order chi connectivity index (χ1) is 24.4. The van der Waals surface area contributed by atoms with E-state index in [1.54, 1.807) is 6.07 Å². The Morgan fingerprint density at radius 1 is 1.06 bits per heavy atom. The Balaban J connectivity index is 0.823. The molecular formula is C38H55N7O5. The number of likely N-dealkylation sites (tertiary alicyclic amines) is 1. The van der Waals surface area contributed by atoms with Gasteiger partial charge in [-0.1, -0.05) is 38.2 Å². The van der Waals surface area contributed by atoms with Crippen LogP contribution in [0.15, 0.2) is 24.5 Å². The van der Waals surface area contributed by atoms with Crippen LogP contribution in [0.2, 0.25) is 0 Å². The van der Waals surface area contributed by atoms with Gasteiger partial charge in [-0.3, -0.25) is 19.4 Å². The number of benzene rings is 1. The summed E-state index contributed by atoms with van der Waals surface area (Å²) in [5, 5.41) is 17.0. The van der Waals surface area contributed by atoms with Crippen LogP contribution in [-0.4, -0.2) is 118 Å². The summed E-state index contributed by atoms with van der Waals surface area (Å²) in [4.78, 5) is 40.4.